The number of hydrogen-bond acceptors (Lipinski definition) is 4. The number of rotatable bonds is 4. The summed E-state index contributed by atoms with van der Waals surface area (Å²) in [5.41, 5.74) is 7.84. The summed E-state index contributed by atoms with van der Waals surface area (Å²) in [6.45, 7) is 4.83. The molecule has 1 aromatic rings. The Kier molecular flexibility index (Phi) is 3.97. The van der Waals surface area contributed by atoms with Crippen molar-refractivity contribution in [2.24, 2.45) is 10.6 Å². The molecule has 0 unspecified atom stereocenters. The van der Waals surface area contributed by atoms with Crippen LogP contribution < -0.4 is 16.2 Å². The molecule has 6 heteroatoms. The van der Waals surface area contributed by atoms with Gasteiger partial charge in [0.15, 0.2) is 0 Å². The molecule has 20 heavy (non-hydrogen) atoms. The summed E-state index contributed by atoms with van der Waals surface area (Å²) in [6.07, 6.45) is 4.92. The van der Waals surface area contributed by atoms with Crippen LogP contribution in [0.3, 0.4) is 0 Å². The van der Waals surface area contributed by atoms with E-state index in [1.165, 1.54) is 31.7 Å². The van der Waals surface area contributed by atoms with Crippen LogP contribution in [0.4, 0.5) is 11.4 Å². The lowest BCUT2D eigenvalue weighted by atomic mass is 9.89. The second-order valence-electron chi connectivity index (χ2n) is 6.11. The Morgan fingerprint density at radius 3 is 2.45 bits per heavy atom. The number of nitrogen functional groups attached to an aromatic ring is 1. The van der Waals surface area contributed by atoms with E-state index in [4.69, 9.17) is 10.9 Å². The lowest BCUT2D eigenvalue weighted by Crippen LogP contribution is -2.24. The summed E-state index contributed by atoms with van der Waals surface area (Å²) < 4.78 is 23.2. The number of nitrogens with two attached hydrogens (primary N) is 2. The van der Waals surface area contributed by atoms with E-state index >= 15 is 0 Å². The second-order valence-corrected chi connectivity index (χ2v) is 7.64. The number of benzene rings is 1. The van der Waals surface area contributed by atoms with Gasteiger partial charge in [0.05, 0.1) is 4.90 Å². The Morgan fingerprint density at radius 1 is 1.30 bits per heavy atom. The summed E-state index contributed by atoms with van der Waals surface area (Å²) in [4.78, 5) is 0.0941. The molecule has 0 saturated heterocycles. The monoisotopic (exact) mass is 297 g/mol. The van der Waals surface area contributed by atoms with E-state index in [2.05, 4.69) is 12.2 Å². The largest absolute Gasteiger partial charge is 0.399 e. The van der Waals surface area contributed by atoms with Crippen molar-refractivity contribution in [2.45, 2.75) is 44.4 Å². The van der Waals surface area contributed by atoms with Crippen molar-refractivity contribution in [1.82, 2.24) is 0 Å². The summed E-state index contributed by atoms with van der Waals surface area (Å²) >= 11 is 0. The maximum Gasteiger partial charge on any atom is 0.238 e. The zero-order chi connectivity index (χ0) is 15.0. The predicted octanol–water partition coefficient (Wildman–Crippen LogP) is 2.22. The quantitative estimate of drug-likeness (QED) is 0.742. The molecule has 1 aromatic carbocycles. The number of hydrogen-bond donors (Lipinski definition) is 3. The lowest BCUT2D eigenvalue weighted by Gasteiger charge is -2.25. The smallest absolute Gasteiger partial charge is 0.238 e. The first-order valence-corrected chi connectivity index (χ1v) is 8.43. The predicted molar refractivity (Wildman–Crippen MR) is 82.0 cm³/mol. The van der Waals surface area contributed by atoms with Gasteiger partial charge >= 0.3 is 0 Å². The van der Waals surface area contributed by atoms with Gasteiger partial charge in [0.2, 0.25) is 10.0 Å². The molecule has 1 saturated carbocycles. The van der Waals surface area contributed by atoms with Gasteiger partial charge in [-0.3, -0.25) is 0 Å². The fourth-order valence-electron chi connectivity index (χ4n) is 2.90. The molecule has 1 fully saturated rings. The van der Waals surface area contributed by atoms with Gasteiger partial charge in [0.1, 0.15) is 0 Å². The average molecular weight is 297 g/mol. The molecular weight excluding hydrogens is 274 g/mol. The zero-order valence-corrected chi connectivity index (χ0v) is 12.9. The van der Waals surface area contributed by atoms with Crippen molar-refractivity contribution in [3.05, 3.63) is 17.7 Å². The van der Waals surface area contributed by atoms with Crippen LogP contribution in [-0.2, 0) is 10.0 Å². The normalized spacial score (nSPS) is 18.1. The molecule has 0 spiro atoms. The molecule has 1 aliphatic rings. The van der Waals surface area contributed by atoms with Crippen LogP contribution >= 0.6 is 0 Å². The molecule has 0 bridgehead atoms. The summed E-state index contributed by atoms with van der Waals surface area (Å²) in [5.74, 6) is 0. The first-order valence-electron chi connectivity index (χ1n) is 6.88. The van der Waals surface area contributed by atoms with Gasteiger partial charge in [-0.25, -0.2) is 13.6 Å². The molecule has 0 heterocycles. The van der Waals surface area contributed by atoms with Crippen LogP contribution in [0.1, 0.15) is 38.2 Å². The van der Waals surface area contributed by atoms with Crippen LogP contribution in [-0.4, -0.2) is 15.0 Å². The molecule has 0 aliphatic heterocycles. The third-order valence-electron chi connectivity index (χ3n) is 4.21. The maximum atomic E-state index is 11.6. The Balaban J connectivity index is 2.26. The van der Waals surface area contributed by atoms with Gasteiger partial charge in [0.25, 0.3) is 0 Å². The molecule has 0 radical (unpaired) electrons. The van der Waals surface area contributed by atoms with E-state index < -0.39 is 10.0 Å². The van der Waals surface area contributed by atoms with Gasteiger partial charge in [-0.05, 0) is 42.9 Å². The summed E-state index contributed by atoms with van der Waals surface area (Å²) in [7, 11) is -3.75. The Hall–Kier alpha value is -1.27. The molecule has 0 aromatic heterocycles. The third kappa shape index (κ3) is 3.24. The molecule has 5 nitrogen and oxygen atoms in total. The van der Waals surface area contributed by atoms with Crippen molar-refractivity contribution in [3.63, 3.8) is 0 Å². The number of sulfonamides is 1. The summed E-state index contributed by atoms with van der Waals surface area (Å²) in [6, 6.07) is 3.18. The van der Waals surface area contributed by atoms with Gasteiger partial charge in [0, 0.05) is 17.9 Å². The van der Waals surface area contributed by atoms with Crippen molar-refractivity contribution >= 4 is 21.4 Å². The number of primary sulfonamides is 1. The van der Waals surface area contributed by atoms with Crippen LogP contribution in [0, 0.1) is 12.3 Å². The highest BCUT2D eigenvalue weighted by Crippen LogP contribution is 2.38. The van der Waals surface area contributed by atoms with E-state index in [9.17, 15) is 8.42 Å². The first-order chi connectivity index (χ1) is 9.21. The van der Waals surface area contributed by atoms with Crippen LogP contribution in [0.2, 0.25) is 0 Å². The van der Waals surface area contributed by atoms with Crippen LogP contribution in [0.15, 0.2) is 17.0 Å². The molecule has 5 N–H and O–H groups in total. The molecule has 2 rings (SSSR count). The van der Waals surface area contributed by atoms with E-state index in [0.29, 0.717) is 11.3 Å². The highest BCUT2D eigenvalue weighted by atomic mass is 32.2. The van der Waals surface area contributed by atoms with Gasteiger partial charge < -0.3 is 11.1 Å². The van der Waals surface area contributed by atoms with E-state index in [1.54, 1.807) is 13.0 Å². The van der Waals surface area contributed by atoms with Gasteiger partial charge in [-0.1, -0.05) is 19.8 Å². The van der Waals surface area contributed by atoms with Crippen molar-refractivity contribution in [2.75, 3.05) is 17.6 Å². The molecule has 112 valence electrons. The lowest BCUT2D eigenvalue weighted by molar-refractivity contribution is 0.362. The highest BCUT2D eigenvalue weighted by molar-refractivity contribution is 7.89. The number of anilines is 2. The minimum atomic E-state index is -3.75. The molecule has 0 atom stereocenters. The summed E-state index contributed by atoms with van der Waals surface area (Å²) in [5, 5.41) is 8.58. The zero-order valence-electron chi connectivity index (χ0n) is 12.1. The second kappa shape index (κ2) is 5.26. The fraction of sp³-hybridized carbons (Fsp3) is 0.571. The van der Waals surface area contributed by atoms with Gasteiger partial charge in [-0.2, -0.15) is 0 Å². The van der Waals surface area contributed by atoms with E-state index in [1.807, 2.05) is 0 Å². The Bertz CT molecular complexity index is 605. The van der Waals surface area contributed by atoms with Crippen molar-refractivity contribution < 1.29 is 8.42 Å². The minimum absolute atomic E-state index is 0.0941. The van der Waals surface area contributed by atoms with Crippen molar-refractivity contribution in [3.8, 4) is 0 Å². The Morgan fingerprint density at radius 2 is 1.90 bits per heavy atom. The topological polar surface area (TPSA) is 98.2 Å². The minimum Gasteiger partial charge on any atom is -0.399 e. The van der Waals surface area contributed by atoms with Crippen molar-refractivity contribution in [1.29, 1.82) is 0 Å². The fourth-order valence-corrected chi connectivity index (χ4v) is 3.74. The van der Waals surface area contributed by atoms with Gasteiger partial charge in [-0.15, -0.1) is 0 Å². The molecular formula is C14H23N3O2S. The standard InChI is InChI=1S/C14H23N3O2S/c1-10-12(17-9-14(2)5-3-4-6-14)7-11(15)8-13(10)20(16,18)19/h7-8,17H,3-6,9,15H2,1-2H3,(H2,16,18,19). The van der Waals surface area contributed by atoms with Crippen LogP contribution in [0.25, 0.3) is 0 Å². The first kappa shape index (κ1) is 15.1. The SMILES string of the molecule is Cc1c(NCC2(C)CCCC2)cc(N)cc1S(N)(=O)=O. The molecule has 0 amide bonds. The Labute approximate surface area is 120 Å². The maximum absolute atomic E-state index is 11.6. The highest BCUT2D eigenvalue weighted by Gasteiger charge is 2.28. The third-order valence-corrected chi connectivity index (χ3v) is 5.24. The average Bonchev–Trinajstić information content (AvgIpc) is 2.76. The number of nitrogens with one attached hydrogen (secondary N) is 1. The molecule has 1 aliphatic carbocycles. The van der Waals surface area contributed by atoms with E-state index in [0.717, 1.165) is 12.2 Å². The van der Waals surface area contributed by atoms with E-state index in [-0.39, 0.29) is 10.3 Å². The van der Waals surface area contributed by atoms with Crippen LogP contribution in [0.5, 0.6) is 0 Å².